The number of pyridine rings is 1. The zero-order chi connectivity index (χ0) is 15.6. The van der Waals surface area contributed by atoms with Gasteiger partial charge in [-0.3, -0.25) is 5.10 Å². The van der Waals surface area contributed by atoms with Gasteiger partial charge in [0.25, 0.3) is 0 Å². The monoisotopic (exact) mass is 306 g/mol. The largest absolute Gasteiger partial charge is 0.384 e. The number of aromatic amines is 1. The molecule has 3 aromatic heterocycles. The zero-order valence-electron chi connectivity index (χ0n) is 12.1. The molecule has 8 nitrogen and oxygen atoms in total. The van der Waals surface area contributed by atoms with E-state index in [9.17, 15) is 0 Å². The summed E-state index contributed by atoms with van der Waals surface area (Å²) in [5.74, 6) is 1.21. The molecule has 4 rings (SSSR count). The van der Waals surface area contributed by atoms with Crippen LogP contribution in [0, 0.1) is 0 Å². The van der Waals surface area contributed by atoms with E-state index in [4.69, 9.17) is 5.73 Å². The summed E-state index contributed by atoms with van der Waals surface area (Å²) in [5.41, 5.74) is 8.57. The summed E-state index contributed by atoms with van der Waals surface area (Å²) in [6.45, 7) is 0.527. The number of nitrogen functional groups attached to an aromatic ring is 1. The van der Waals surface area contributed by atoms with Crippen LogP contribution in [-0.4, -0.2) is 29.9 Å². The minimum atomic E-state index is 0.454. The van der Waals surface area contributed by atoms with Crippen molar-refractivity contribution in [2.75, 3.05) is 11.1 Å². The number of benzene rings is 1. The van der Waals surface area contributed by atoms with Crippen molar-refractivity contribution in [3.63, 3.8) is 0 Å². The van der Waals surface area contributed by atoms with E-state index < -0.39 is 0 Å². The van der Waals surface area contributed by atoms with E-state index in [-0.39, 0.29) is 0 Å². The third-order valence-corrected chi connectivity index (χ3v) is 3.49. The number of aromatic nitrogens is 6. The Labute approximate surface area is 131 Å². The molecular formula is C15H14N8. The SMILES string of the molecule is Nc1cc(NCc2ncn[nH]2)c2ccc(-n3cccn3)cc2n1. The summed E-state index contributed by atoms with van der Waals surface area (Å²) in [6, 6.07) is 9.64. The van der Waals surface area contributed by atoms with Crippen molar-refractivity contribution < 1.29 is 0 Å². The summed E-state index contributed by atoms with van der Waals surface area (Å²) >= 11 is 0. The van der Waals surface area contributed by atoms with Crippen molar-refractivity contribution in [1.29, 1.82) is 0 Å². The molecule has 0 saturated carbocycles. The topological polar surface area (TPSA) is 110 Å². The van der Waals surface area contributed by atoms with Crippen molar-refractivity contribution in [2.45, 2.75) is 6.54 Å². The first-order valence-electron chi connectivity index (χ1n) is 7.08. The highest BCUT2D eigenvalue weighted by molar-refractivity contribution is 5.93. The van der Waals surface area contributed by atoms with Gasteiger partial charge in [-0.2, -0.15) is 10.2 Å². The third-order valence-electron chi connectivity index (χ3n) is 3.49. The van der Waals surface area contributed by atoms with Gasteiger partial charge in [-0.05, 0) is 24.3 Å². The predicted octanol–water partition coefficient (Wildman–Crippen LogP) is 1.73. The Kier molecular flexibility index (Phi) is 3.12. The molecule has 0 spiro atoms. The van der Waals surface area contributed by atoms with Gasteiger partial charge in [-0.25, -0.2) is 14.6 Å². The molecule has 0 bridgehead atoms. The molecule has 3 heterocycles. The number of fused-ring (bicyclic) bond motifs is 1. The van der Waals surface area contributed by atoms with E-state index in [2.05, 4.69) is 30.6 Å². The van der Waals surface area contributed by atoms with Crippen molar-refractivity contribution in [3.8, 4) is 5.69 Å². The van der Waals surface area contributed by atoms with Gasteiger partial charge in [-0.1, -0.05) is 0 Å². The minimum Gasteiger partial charge on any atom is -0.384 e. The van der Waals surface area contributed by atoms with Gasteiger partial charge >= 0.3 is 0 Å². The molecule has 1 aromatic carbocycles. The highest BCUT2D eigenvalue weighted by Gasteiger charge is 2.07. The molecular weight excluding hydrogens is 292 g/mol. The lowest BCUT2D eigenvalue weighted by atomic mass is 10.1. The molecule has 0 unspecified atom stereocenters. The molecule has 0 saturated heterocycles. The van der Waals surface area contributed by atoms with Crippen LogP contribution >= 0.6 is 0 Å². The second-order valence-electron chi connectivity index (χ2n) is 5.03. The van der Waals surface area contributed by atoms with Crippen LogP contribution in [0.1, 0.15) is 5.82 Å². The molecule has 4 aromatic rings. The number of anilines is 2. The second-order valence-corrected chi connectivity index (χ2v) is 5.03. The lowest BCUT2D eigenvalue weighted by Crippen LogP contribution is -2.04. The lowest BCUT2D eigenvalue weighted by Gasteiger charge is -2.11. The van der Waals surface area contributed by atoms with Crippen molar-refractivity contribution in [3.05, 3.63) is 54.9 Å². The lowest BCUT2D eigenvalue weighted by molar-refractivity contribution is 0.881. The number of nitrogens with two attached hydrogens (primary N) is 1. The van der Waals surface area contributed by atoms with Crippen LogP contribution in [0.15, 0.2) is 49.1 Å². The molecule has 23 heavy (non-hydrogen) atoms. The highest BCUT2D eigenvalue weighted by Crippen LogP contribution is 2.26. The molecule has 0 aliphatic heterocycles. The fourth-order valence-electron chi connectivity index (χ4n) is 2.44. The van der Waals surface area contributed by atoms with Crippen LogP contribution in [-0.2, 0) is 6.54 Å². The van der Waals surface area contributed by atoms with Gasteiger partial charge in [0.2, 0.25) is 0 Å². The Bertz CT molecular complexity index is 928. The summed E-state index contributed by atoms with van der Waals surface area (Å²) in [7, 11) is 0. The van der Waals surface area contributed by atoms with Gasteiger partial charge in [-0.15, -0.1) is 0 Å². The summed E-state index contributed by atoms with van der Waals surface area (Å²) in [4.78, 5) is 8.51. The van der Waals surface area contributed by atoms with E-state index in [1.807, 2.05) is 36.5 Å². The molecule has 0 aliphatic carbocycles. The Balaban J connectivity index is 1.73. The molecule has 0 fully saturated rings. The van der Waals surface area contributed by atoms with E-state index in [0.717, 1.165) is 28.1 Å². The normalized spacial score (nSPS) is 11.0. The number of hydrogen-bond acceptors (Lipinski definition) is 6. The van der Waals surface area contributed by atoms with Crippen molar-refractivity contribution >= 4 is 22.4 Å². The Morgan fingerprint density at radius 2 is 2.22 bits per heavy atom. The van der Waals surface area contributed by atoms with Crippen LogP contribution < -0.4 is 11.1 Å². The van der Waals surface area contributed by atoms with Crippen LogP contribution in [0.3, 0.4) is 0 Å². The molecule has 114 valence electrons. The van der Waals surface area contributed by atoms with Gasteiger partial charge in [0, 0.05) is 29.5 Å². The average molecular weight is 306 g/mol. The van der Waals surface area contributed by atoms with Gasteiger partial charge in [0.15, 0.2) is 0 Å². The molecule has 0 amide bonds. The minimum absolute atomic E-state index is 0.454. The smallest absolute Gasteiger partial charge is 0.143 e. The van der Waals surface area contributed by atoms with Crippen LogP contribution in [0.5, 0.6) is 0 Å². The predicted molar refractivity (Wildman–Crippen MR) is 87.0 cm³/mol. The van der Waals surface area contributed by atoms with Gasteiger partial charge in [0.05, 0.1) is 17.7 Å². The second kappa shape index (κ2) is 5.41. The fraction of sp³-hybridized carbons (Fsp3) is 0.0667. The van der Waals surface area contributed by atoms with E-state index in [0.29, 0.717) is 12.4 Å². The Morgan fingerprint density at radius 1 is 1.26 bits per heavy atom. The molecule has 0 atom stereocenters. The third kappa shape index (κ3) is 2.57. The van der Waals surface area contributed by atoms with Gasteiger partial charge in [0.1, 0.15) is 18.0 Å². The Morgan fingerprint density at radius 3 is 3.00 bits per heavy atom. The first-order valence-corrected chi connectivity index (χ1v) is 7.08. The number of nitrogens with zero attached hydrogens (tertiary/aromatic N) is 5. The standard InChI is InChI=1S/C15H14N8/c16-14-7-12(17-8-15-18-9-19-22-15)11-3-2-10(6-13(11)21-14)23-5-1-4-20-23/h1-7,9H,8H2,(H3,16,17,21)(H,18,19,22). The number of H-pyrrole nitrogens is 1. The van der Waals surface area contributed by atoms with Crippen molar-refractivity contribution in [1.82, 2.24) is 29.9 Å². The summed E-state index contributed by atoms with van der Waals surface area (Å²) < 4.78 is 1.78. The van der Waals surface area contributed by atoms with Gasteiger partial charge < -0.3 is 11.1 Å². The number of nitrogens with one attached hydrogen (secondary N) is 2. The summed E-state index contributed by atoms with van der Waals surface area (Å²) in [6.07, 6.45) is 5.10. The first kappa shape index (κ1) is 13.3. The van der Waals surface area contributed by atoms with Crippen LogP contribution in [0.25, 0.3) is 16.6 Å². The van der Waals surface area contributed by atoms with E-state index in [1.54, 1.807) is 10.9 Å². The van der Waals surface area contributed by atoms with Crippen LogP contribution in [0.2, 0.25) is 0 Å². The van der Waals surface area contributed by atoms with Crippen molar-refractivity contribution in [2.24, 2.45) is 0 Å². The maximum Gasteiger partial charge on any atom is 0.143 e. The molecule has 0 aliphatic rings. The molecule has 4 N–H and O–H groups in total. The number of rotatable bonds is 4. The molecule has 8 heteroatoms. The quantitative estimate of drug-likeness (QED) is 0.529. The van der Waals surface area contributed by atoms with E-state index in [1.165, 1.54) is 6.33 Å². The first-order chi connectivity index (χ1) is 11.3. The molecule has 0 radical (unpaired) electrons. The maximum atomic E-state index is 5.93. The average Bonchev–Trinajstić information content (AvgIpc) is 3.25. The highest BCUT2D eigenvalue weighted by atomic mass is 15.3. The summed E-state index contributed by atoms with van der Waals surface area (Å²) in [5, 5.41) is 15.2. The van der Waals surface area contributed by atoms with E-state index >= 15 is 0 Å². The zero-order valence-corrected chi connectivity index (χ0v) is 12.1. The van der Waals surface area contributed by atoms with Crippen LogP contribution in [0.4, 0.5) is 11.5 Å². The fourth-order valence-corrected chi connectivity index (χ4v) is 2.44. The Hall–Kier alpha value is -3.42. The number of hydrogen-bond donors (Lipinski definition) is 3. The maximum absolute atomic E-state index is 5.93.